The van der Waals surface area contributed by atoms with Gasteiger partial charge in [0.05, 0.1) is 6.04 Å². The summed E-state index contributed by atoms with van der Waals surface area (Å²) >= 11 is 1.85. The van der Waals surface area contributed by atoms with E-state index in [4.69, 9.17) is 5.73 Å². The third-order valence-electron chi connectivity index (χ3n) is 3.46. The molecule has 3 heteroatoms. The van der Waals surface area contributed by atoms with Gasteiger partial charge in [-0.25, -0.2) is 0 Å². The Hall–Kier alpha value is -0.380. The second-order valence-electron chi connectivity index (χ2n) is 4.75. The van der Waals surface area contributed by atoms with Crippen LogP contribution in [0.2, 0.25) is 0 Å². The van der Waals surface area contributed by atoms with Crippen LogP contribution in [0.5, 0.6) is 0 Å². The molecule has 1 aliphatic rings. The van der Waals surface area contributed by atoms with Crippen LogP contribution in [0.1, 0.15) is 36.2 Å². The molecule has 0 radical (unpaired) electrons. The SMILES string of the molecule is CCN(CC1CC1)C(CN)c1sccc1C. The minimum absolute atomic E-state index is 0.436. The Bertz CT molecular complexity index is 330. The van der Waals surface area contributed by atoms with E-state index in [1.165, 1.54) is 29.8 Å². The Kier molecular flexibility index (Phi) is 4.00. The van der Waals surface area contributed by atoms with Gasteiger partial charge in [-0.15, -0.1) is 11.3 Å². The summed E-state index contributed by atoms with van der Waals surface area (Å²) in [6.07, 6.45) is 2.83. The van der Waals surface area contributed by atoms with Gasteiger partial charge in [0.15, 0.2) is 0 Å². The van der Waals surface area contributed by atoms with Gasteiger partial charge in [0.2, 0.25) is 0 Å². The number of rotatable bonds is 6. The molecule has 0 saturated heterocycles. The zero-order valence-corrected chi connectivity index (χ0v) is 11.1. The molecule has 0 bridgehead atoms. The van der Waals surface area contributed by atoms with Crippen molar-refractivity contribution >= 4 is 11.3 Å². The predicted molar refractivity (Wildman–Crippen MR) is 70.8 cm³/mol. The molecular weight excluding hydrogens is 216 g/mol. The number of aryl methyl sites for hydroxylation is 1. The maximum atomic E-state index is 5.97. The van der Waals surface area contributed by atoms with E-state index in [0.29, 0.717) is 6.04 Å². The van der Waals surface area contributed by atoms with E-state index in [1.807, 2.05) is 11.3 Å². The number of hydrogen-bond acceptors (Lipinski definition) is 3. The zero-order valence-electron chi connectivity index (χ0n) is 10.3. The van der Waals surface area contributed by atoms with Gasteiger partial charge in [-0.1, -0.05) is 6.92 Å². The molecule has 1 saturated carbocycles. The molecule has 2 nitrogen and oxygen atoms in total. The van der Waals surface area contributed by atoms with Crippen molar-refractivity contribution in [1.82, 2.24) is 4.90 Å². The average Bonchev–Trinajstić information content (AvgIpc) is 3.01. The molecule has 1 atom stereocenters. The Morgan fingerprint density at radius 3 is 2.75 bits per heavy atom. The molecular formula is C13H22N2S. The average molecular weight is 238 g/mol. The molecule has 0 aliphatic heterocycles. The van der Waals surface area contributed by atoms with Gasteiger partial charge >= 0.3 is 0 Å². The van der Waals surface area contributed by atoms with Crippen LogP contribution in [-0.4, -0.2) is 24.5 Å². The highest BCUT2D eigenvalue weighted by atomic mass is 32.1. The van der Waals surface area contributed by atoms with E-state index in [9.17, 15) is 0 Å². The number of nitrogens with two attached hydrogens (primary N) is 1. The summed E-state index contributed by atoms with van der Waals surface area (Å²) in [5.41, 5.74) is 7.37. The first-order chi connectivity index (χ1) is 7.76. The summed E-state index contributed by atoms with van der Waals surface area (Å²) in [6.45, 7) is 7.51. The summed E-state index contributed by atoms with van der Waals surface area (Å²) in [4.78, 5) is 4.02. The second-order valence-corrected chi connectivity index (χ2v) is 5.70. The molecule has 0 amide bonds. The van der Waals surface area contributed by atoms with Crippen molar-refractivity contribution in [2.75, 3.05) is 19.6 Å². The van der Waals surface area contributed by atoms with Crippen molar-refractivity contribution < 1.29 is 0 Å². The number of thiophene rings is 1. The fourth-order valence-corrected chi connectivity index (χ4v) is 3.33. The van der Waals surface area contributed by atoms with Crippen LogP contribution in [0.4, 0.5) is 0 Å². The van der Waals surface area contributed by atoms with Crippen LogP contribution in [0.3, 0.4) is 0 Å². The largest absolute Gasteiger partial charge is 0.329 e. The zero-order chi connectivity index (χ0) is 11.5. The van der Waals surface area contributed by atoms with Gasteiger partial charge in [-0.3, -0.25) is 4.90 Å². The maximum absolute atomic E-state index is 5.97. The van der Waals surface area contributed by atoms with E-state index in [0.717, 1.165) is 19.0 Å². The van der Waals surface area contributed by atoms with Crippen LogP contribution in [0.25, 0.3) is 0 Å². The molecule has 1 fully saturated rings. The van der Waals surface area contributed by atoms with E-state index in [2.05, 4.69) is 30.2 Å². The van der Waals surface area contributed by atoms with Crippen molar-refractivity contribution in [2.24, 2.45) is 11.7 Å². The van der Waals surface area contributed by atoms with E-state index in [-0.39, 0.29) is 0 Å². The van der Waals surface area contributed by atoms with E-state index < -0.39 is 0 Å². The van der Waals surface area contributed by atoms with Crippen molar-refractivity contribution in [2.45, 2.75) is 32.7 Å². The van der Waals surface area contributed by atoms with Crippen molar-refractivity contribution in [3.8, 4) is 0 Å². The Morgan fingerprint density at radius 2 is 2.31 bits per heavy atom. The molecule has 1 aliphatic carbocycles. The third kappa shape index (κ3) is 2.65. The Balaban J connectivity index is 2.09. The summed E-state index contributed by atoms with van der Waals surface area (Å²) in [5.74, 6) is 0.939. The Labute approximate surface area is 102 Å². The fraction of sp³-hybridized carbons (Fsp3) is 0.692. The molecule has 0 aromatic carbocycles. The molecule has 0 spiro atoms. The first-order valence-corrected chi connectivity index (χ1v) is 7.12. The smallest absolute Gasteiger partial charge is 0.0566 e. The van der Waals surface area contributed by atoms with Gasteiger partial charge in [0.25, 0.3) is 0 Å². The lowest BCUT2D eigenvalue weighted by Crippen LogP contribution is -2.35. The number of hydrogen-bond donors (Lipinski definition) is 1. The van der Waals surface area contributed by atoms with Gasteiger partial charge in [0.1, 0.15) is 0 Å². The second kappa shape index (κ2) is 5.30. The van der Waals surface area contributed by atoms with Gasteiger partial charge in [-0.05, 0) is 49.2 Å². The molecule has 1 unspecified atom stereocenters. The fourth-order valence-electron chi connectivity index (χ4n) is 2.26. The Morgan fingerprint density at radius 1 is 1.56 bits per heavy atom. The van der Waals surface area contributed by atoms with Crippen molar-refractivity contribution in [3.63, 3.8) is 0 Å². The molecule has 2 N–H and O–H groups in total. The maximum Gasteiger partial charge on any atom is 0.0566 e. The lowest BCUT2D eigenvalue weighted by atomic mass is 10.1. The van der Waals surface area contributed by atoms with Crippen LogP contribution >= 0.6 is 11.3 Å². The minimum Gasteiger partial charge on any atom is -0.329 e. The van der Waals surface area contributed by atoms with Crippen molar-refractivity contribution in [3.05, 3.63) is 21.9 Å². The quantitative estimate of drug-likeness (QED) is 0.825. The van der Waals surface area contributed by atoms with E-state index in [1.54, 1.807) is 0 Å². The molecule has 16 heavy (non-hydrogen) atoms. The monoisotopic (exact) mass is 238 g/mol. The summed E-state index contributed by atoms with van der Waals surface area (Å²) in [7, 11) is 0. The predicted octanol–water partition coefficient (Wildman–Crippen LogP) is 2.79. The molecule has 1 aromatic heterocycles. The van der Waals surface area contributed by atoms with Crippen LogP contribution in [0, 0.1) is 12.8 Å². The topological polar surface area (TPSA) is 29.3 Å². The first-order valence-electron chi connectivity index (χ1n) is 6.24. The standard InChI is InChI=1S/C13H22N2S/c1-3-15(9-11-4-5-11)12(8-14)13-10(2)6-7-16-13/h6-7,11-12H,3-5,8-9,14H2,1-2H3. The van der Waals surface area contributed by atoms with Crippen molar-refractivity contribution in [1.29, 1.82) is 0 Å². The highest BCUT2D eigenvalue weighted by molar-refractivity contribution is 7.10. The highest BCUT2D eigenvalue weighted by Crippen LogP contribution is 2.34. The minimum atomic E-state index is 0.436. The summed E-state index contributed by atoms with van der Waals surface area (Å²) in [6, 6.07) is 2.64. The number of likely N-dealkylation sites (N-methyl/N-ethyl adjacent to an activating group) is 1. The normalized spacial score (nSPS) is 18.0. The van der Waals surface area contributed by atoms with Crippen LogP contribution in [0.15, 0.2) is 11.4 Å². The molecule has 2 rings (SSSR count). The van der Waals surface area contributed by atoms with Gasteiger partial charge in [-0.2, -0.15) is 0 Å². The van der Waals surface area contributed by atoms with Gasteiger partial charge < -0.3 is 5.73 Å². The third-order valence-corrected chi connectivity index (χ3v) is 4.58. The summed E-state index contributed by atoms with van der Waals surface area (Å²) < 4.78 is 0. The van der Waals surface area contributed by atoms with Gasteiger partial charge in [0, 0.05) is 18.0 Å². The van der Waals surface area contributed by atoms with Crippen LogP contribution < -0.4 is 5.73 Å². The molecule has 1 aromatic rings. The lowest BCUT2D eigenvalue weighted by molar-refractivity contribution is 0.206. The first kappa shape index (κ1) is 12.1. The molecule has 1 heterocycles. The number of nitrogens with zero attached hydrogens (tertiary/aromatic N) is 1. The lowest BCUT2D eigenvalue weighted by Gasteiger charge is -2.29. The van der Waals surface area contributed by atoms with E-state index >= 15 is 0 Å². The van der Waals surface area contributed by atoms with Crippen LogP contribution in [-0.2, 0) is 0 Å². The highest BCUT2D eigenvalue weighted by Gasteiger charge is 2.28. The summed E-state index contributed by atoms with van der Waals surface area (Å²) in [5, 5.41) is 2.18. The molecule has 90 valence electrons.